The van der Waals surface area contributed by atoms with Crippen molar-refractivity contribution >= 4 is 17.5 Å². The lowest BCUT2D eigenvalue weighted by Crippen LogP contribution is -2.36. The number of nitrogens with zero attached hydrogens (tertiary/aromatic N) is 2. The van der Waals surface area contributed by atoms with Gasteiger partial charge in [-0.15, -0.1) is 5.73 Å². The van der Waals surface area contributed by atoms with E-state index in [1.165, 1.54) is 11.0 Å². The van der Waals surface area contributed by atoms with Gasteiger partial charge in [0.2, 0.25) is 0 Å². The first-order valence-electron chi connectivity index (χ1n) is 9.24. The standard InChI is InChI=1S/C22H23ClF2N2O/c1-4-22(11-12-26(2)3)14-27(19-10-5-7-15(23)13-16(19)22)21(28)20-17(24)8-6-9-18(20)25/h6-10,13H,4,11-12,14H2,1-3H3. The average Bonchev–Trinajstić information content (AvgIpc) is 2.79. The fourth-order valence-corrected chi connectivity index (χ4v) is 3.97. The van der Waals surface area contributed by atoms with Crippen molar-refractivity contribution in [2.75, 3.05) is 27.2 Å². The van der Waals surface area contributed by atoms with Crippen LogP contribution in [0.15, 0.2) is 58.5 Å². The number of carbonyl (C=O) groups is 1. The van der Waals surface area contributed by atoms with E-state index >= 15 is 0 Å². The van der Waals surface area contributed by atoms with Crippen molar-refractivity contribution in [1.29, 1.82) is 0 Å². The first-order chi connectivity index (χ1) is 13.3. The van der Waals surface area contributed by atoms with Gasteiger partial charge in [0.15, 0.2) is 0 Å². The van der Waals surface area contributed by atoms with Gasteiger partial charge in [-0.3, -0.25) is 4.79 Å². The van der Waals surface area contributed by atoms with Crippen LogP contribution in [-0.2, 0) is 0 Å². The van der Waals surface area contributed by atoms with Gasteiger partial charge in [-0.2, -0.15) is 0 Å². The molecular weight excluding hydrogens is 382 g/mol. The maximum atomic E-state index is 14.3. The number of hydrogen-bond acceptors (Lipinski definition) is 2. The molecule has 0 radical (unpaired) electrons. The molecule has 0 aromatic heterocycles. The summed E-state index contributed by atoms with van der Waals surface area (Å²) in [6, 6.07) is 3.45. The zero-order valence-corrected chi connectivity index (χ0v) is 17.0. The van der Waals surface area contributed by atoms with Gasteiger partial charge >= 0.3 is 0 Å². The van der Waals surface area contributed by atoms with Crippen molar-refractivity contribution in [2.45, 2.75) is 19.8 Å². The fourth-order valence-electron chi connectivity index (χ4n) is 3.80. The minimum Gasteiger partial charge on any atom is -0.309 e. The van der Waals surface area contributed by atoms with Crippen molar-refractivity contribution in [3.05, 3.63) is 75.7 Å². The lowest BCUT2D eigenvalue weighted by molar-refractivity contribution is 0.0775. The molecule has 1 aliphatic heterocycles. The SMILES string of the molecule is CCC1(CCN(C)C)CN(C(=O)c2c(F)cccc2F)C2=C1C=C(Cl)C=C=C2. The third-order valence-electron chi connectivity index (χ3n) is 5.46. The second-order valence-corrected chi connectivity index (χ2v) is 7.90. The highest BCUT2D eigenvalue weighted by Gasteiger charge is 2.45. The molecule has 6 heteroatoms. The Balaban J connectivity index is 2.11. The maximum Gasteiger partial charge on any atom is 0.264 e. The number of amides is 1. The molecule has 0 saturated carbocycles. The number of benzene rings is 1. The Morgan fingerprint density at radius 2 is 1.96 bits per heavy atom. The van der Waals surface area contributed by atoms with E-state index in [-0.39, 0.29) is 5.41 Å². The molecule has 1 heterocycles. The topological polar surface area (TPSA) is 23.6 Å². The Morgan fingerprint density at radius 3 is 2.57 bits per heavy atom. The normalized spacial score (nSPS) is 21.2. The van der Waals surface area contributed by atoms with Gasteiger partial charge in [0.05, 0.1) is 5.70 Å². The van der Waals surface area contributed by atoms with Gasteiger partial charge in [0.1, 0.15) is 17.2 Å². The Bertz CT molecular complexity index is 908. The van der Waals surface area contributed by atoms with Crippen LogP contribution in [0.3, 0.4) is 0 Å². The minimum atomic E-state index is -0.865. The van der Waals surface area contributed by atoms with Crippen LogP contribution in [0.25, 0.3) is 0 Å². The quantitative estimate of drug-likeness (QED) is 0.653. The highest BCUT2D eigenvalue weighted by molar-refractivity contribution is 6.31. The lowest BCUT2D eigenvalue weighted by atomic mass is 9.75. The van der Waals surface area contributed by atoms with Crippen molar-refractivity contribution in [3.63, 3.8) is 0 Å². The van der Waals surface area contributed by atoms with E-state index in [0.29, 0.717) is 17.3 Å². The summed E-state index contributed by atoms with van der Waals surface area (Å²) in [6.45, 7) is 3.21. The molecule has 3 nitrogen and oxygen atoms in total. The zero-order valence-electron chi connectivity index (χ0n) is 16.2. The van der Waals surface area contributed by atoms with Crippen molar-refractivity contribution < 1.29 is 13.6 Å². The molecule has 3 rings (SSSR count). The minimum absolute atomic E-state index is 0.341. The molecule has 1 aliphatic carbocycles. The Labute approximate surface area is 169 Å². The van der Waals surface area contributed by atoms with Gasteiger partial charge in [-0.25, -0.2) is 8.78 Å². The van der Waals surface area contributed by atoms with Crippen LogP contribution in [0.4, 0.5) is 8.78 Å². The highest BCUT2D eigenvalue weighted by atomic mass is 35.5. The summed E-state index contributed by atoms with van der Waals surface area (Å²) >= 11 is 6.28. The van der Waals surface area contributed by atoms with Crippen LogP contribution in [0.1, 0.15) is 30.1 Å². The summed E-state index contributed by atoms with van der Waals surface area (Å²) in [7, 11) is 3.98. The molecule has 0 saturated heterocycles. The molecule has 0 spiro atoms. The largest absolute Gasteiger partial charge is 0.309 e. The van der Waals surface area contributed by atoms with Gasteiger partial charge in [-0.05, 0) is 63.3 Å². The molecular formula is C22H23ClF2N2O. The van der Waals surface area contributed by atoms with E-state index in [4.69, 9.17) is 11.6 Å². The van der Waals surface area contributed by atoms with Crippen molar-refractivity contribution in [2.24, 2.45) is 5.41 Å². The van der Waals surface area contributed by atoms with Gasteiger partial charge in [-0.1, -0.05) is 24.6 Å². The fraction of sp³-hybridized carbons (Fsp3) is 0.364. The molecule has 1 atom stereocenters. The molecule has 2 aliphatic rings. The summed E-state index contributed by atoms with van der Waals surface area (Å²) in [6.07, 6.45) is 6.69. The molecule has 28 heavy (non-hydrogen) atoms. The number of halogens is 3. The predicted molar refractivity (Wildman–Crippen MR) is 107 cm³/mol. The number of hydrogen-bond donors (Lipinski definition) is 0. The van der Waals surface area contributed by atoms with Gasteiger partial charge in [0.25, 0.3) is 5.91 Å². The van der Waals surface area contributed by atoms with Crippen LogP contribution in [-0.4, -0.2) is 42.9 Å². The van der Waals surface area contributed by atoms with Gasteiger partial charge in [0, 0.05) is 23.1 Å². The summed E-state index contributed by atoms with van der Waals surface area (Å²) < 4.78 is 28.5. The molecule has 0 fully saturated rings. The van der Waals surface area contributed by atoms with Crippen LogP contribution >= 0.6 is 11.6 Å². The highest BCUT2D eigenvalue weighted by Crippen LogP contribution is 2.47. The summed E-state index contributed by atoms with van der Waals surface area (Å²) in [5.74, 6) is -2.42. The van der Waals surface area contributed by atoms with E-state index in [2.05, 4.69) is 17.6 Å². The van der Waals surface area contributed by atoms with E-state index in [1.54, 1.807) is 12.2 Å². The van der Waals surface area contributed by atoms with Crippen LogP contribution in [0, 0.1) is 17.0 Å². The predicted octanol–water partition coefficient (Wildman–Crippen LogP) is 4.87. The second kappa shape index (κ2) is 8.04. The second-order valence-electron chi connectivity index (χ2n) is 7.46. The zero-order chi connectivity index (χ0) is 20.5. The smallest absolute Gasteiger partial charge is 0.264 e. The third-order valence-corrected chi connectivity index (χ3v) is 5.68. The summed E-state index contributed by atoms with van der Waals surface area (Å²) in [5.41, 5.74) is 3.58. The number of allylic oxidation sites excluding steroid dienone is 3. The number of rotatable bonds is 5. The summed E-state index contributed by atoms with van der Waals surface area (Å²) in [5, 5.41) is 0.510. The molecule has 0 N–H and O–H groups in total. The first kappa shape index (κ1) is 20.5. The first-order valence-corrected chi connectivity index (χ1v) is 9.62. The Morgan fingerprint density at radius 1 is 1.29 bits per heavy atom. The molecule has 1 aromatic rings. The Kier molecular flexibility index (Phi) is 5.90. The van der Waals surface area contributed by atoms with E-state index in [0.717, 1.165) is 37.1 Å². The molecule has 0 bridgehead atoms. The summed E-state index contributed by atoms with van der Waals surface area (Å²) in [4.78, 5) is 16.7. The molecule has 1 unspecified atom stereocenters. The van der Waals surface area contributed by atoms with Crippen molar-refractivity contribution in [1.82, 2.24) is 9.80 Å². The third kappa shape index (κ3) is 3.70. The van der Waals surface area contributed by atoms with Crippen LogP contribution < -0.4 is 0 Å². The van der Waals surface area contributed by atoms with E-state index < -0.39 is 23.1 Å². The van der Waals surface area contributed by atoms with Crippen LogP contribution in [0.2, 0.25) is 0 Å². The van der Waals surface area contributed by atoms with Crippen LogP contribution in [0.5, 0.6) is 0 Å². The maximum absolute atomic E-state index is 14.3. The van der Waals surface area contributed by atoms with E-state index in [1.807, 2.05) is 20.2 Å². The van der Waals surface area contributed by atoms with Crippen molar-refractivity contribution in [3.8, 4) is 0 Å². The molecule has 1 amide bonds. The Hall–Kier alpha value is -2.20. The molecule has 148 valence electrons. The monoisotopic (exact) mass is 404 g/mol. The molecule has 1 aromatic carbocycles. The average molecular weight is 405 g/mol. The van der Waals surface area contributed by atoms with E-state index in [9.17, 15) is 13.6 Å². The number of carbonyl (C=O) groups excluding carboxylic acids is 1. The lowest BCUT2D eigenvalue weighted by Gasteiger charge is -2.32. The van der Waals surface area contributed by atoms with Gasteiger partial charge < -0.3 is 9.80 Å².